The van der Waals surface area contributed by atoms with Crippen LogP contribution in [-0.2, 0) is 4.74 Å². The Labute approximate surface area is 43.1 Å². The van der Waals surface area contributed by atoms with E-state index in [4.69, 9.17) is 9.84 Å². The minimum atomic E-state index is -0.486. The van der Waals surface area contributed by atoms with E-state index in [1.807, 2.05) is 6.92 Å². The Morgan fingerprint density at radius 2 is 2.43 bits per heavy atom. The normalized spacial score (nSPS) is 42.0. The van der Waals surface area contributed by atoms with Crippen LogP contribution in [-0.4, -0.2) is 18.0 Å². The summed E-state index contributed by atoms with van der Waals surface area (Å²) in [6, 6.07) is 0. The lowest BCUT2D eigenvalue weighted by atomic mass is 10.1. The minimum Gasteiger partial charge on any atom is -0.368 e. The molecule has 7 heavy (non-hydrogen) atoms. The van der Waals surface area contributed by atoms with E-state index in [0.29, 0.717) is 5.92 Å². The molecule has 42 valence electrons. The minimum absolute atomic E-state index is 0.347. The van der Waals surface area contributed by atoms with Crippen LogP contribution in [0.3, 0.4) is 0 Å². The molecule has 0 amide bonds. The summed E-state index contributed by atoms with van der Waals surface area (Å²) in [7, 11) is 0. The molecule has 1 aliphatic heterocycles. The molecule has 0 bridgehead atoms. The molecule has 1 heterocycles. The molecular formula is C5H10O2. The molecular weight excluding hydrogens is 92.1 g/mol. The topological polar surface area (TPSA) is 29.5 Å². The molecule has 2 nitrogen and oxygen atoms in total. The van der Waals surface area contributed by atoms with E-state index in [0.717, 1.165) is 13.0 Å². The van der Waals surface area contributed by atoms with E-state index in [-0.39, 0.29) is 0 Å². The van der Waals surface area contributed by atoms with Gasteiger partial charge in [-0.3, -0.25) is 0 Å². The second-order valence-electron chi connectivity index (χ2n) is 2.03. The standard InChI is InChI=1S/C5H10O2/c1-4-2-3-7-5(4)6/h4-6H,2-3H2,1H3/t4-,5?/m0/s1. The smallest absolute Gasteiger partial charge is 0.157 e. The third-order valence-corrected chi connectivity index (χ3v) is 1.35. The van der Waals surface area contributed by atoms with Crippen molar-refractivity contribution < 1.29 is 9.84 Å². The van der Waals surface area contributed by atoms with Crippen molar-refractivity contribution in [2.75, 3.05) is 6.61 Å². The molecule has 1 aliphatic rings. The van der Waals surface area contributed by atoms with Crippen LogP contribution in [0.2, 0.25) is 0 Å². The number of aliphatic hydroxyl groups excluding tert-OH is 1. The largest absolute Gasteiger partial charge is 0.368 e. The summed E-state index contributed by atoms with van der Waals surface area (Å²) < 4.78 is 4.82. The Morgan fingerprint density at radius 1 is 1.71 bits per heavy atom. The summed E-state index contributed by atoms with van der Waals surface area (Å²) in [4.78, 5) is 0. The van der Waals surface area contributed by atoms with E-state index in [9.17, 15) is 0 Å². The molecule has 0 aromatic heterocycles. The second-order valence-corrected chi connectivity index (χ2v) is 2.03. The van der Waals surface area contributed by atoms with Gasteiger partial charge in [0.2, 0.25) is 0 Å². The highest BCUT2D eigenvalue weighted by Crippen LogP contribution is 2.16. The fourth-order valence-electron chi connectivity index (χ4n) is 0.682. The van der Waals surface area contributed by atoms with Gasteiger partial charge >= 0.3 is 0 Å². The van der Waals surface area contributed by atoms with Gasteiger partial charge in [-0.25, -0.2) is 0 Å². The van der Waals surface area contributed by atoms with Crippen molar-refractivity contribution in [2.24, 2.45) is 5.92 Å². The zero-order valence-corrected chi connectivity index (χ0v) is 4.42. The van der Waals surface area contributed by atoms with E-state index in [1.165, 1.54) is 0 Å². The molecule has 0 aromatic rings. The first-order valence-corrected chi connectivity index (χ1v) is 2.60. The highest BCUT2D eigenvalue weighted by molar-refractivity contribution is 4.61. The van der Waals surface area contributed by atoms with E-state index in [1.54, 1.807) is 0 Å². The third-order valence-electron chi connectivity index (χ3n) is 1.35. The lowest BCUT2D eigenvalue weighted by molar-refractivity contribution is -0.0786. The van der Waals surface area contributed by atoms with Crippen LogP contribution < -0.4 is 0 Å². The summed E-state index contributed by atoms with van der Waals surface area (Å²) in [5.41, 5.74) is 0. The fraction of sp³-hybridized carbons (Fsp3) is 1.00. The Morgan fingerprint density at radius 3 is 2.57 bits per heavy atom. The number of aliphatic hydroxyl groups is 1. The van der Waals surface area contributed by atoms with Crippen LogP contribution in [0.15, 0.2) is 0 Å². The number of hydrogen-bond donors (Lipinski definition) is 1. The first-order chi connectivity index (χ1) is 3.30. The Kier molecular flexibility index (Phi) is 1.30. The third kappa shape index (κ3) is 0.924. The van der Waals surface area contributed by atoms with Gasteiger partial charge in [0, 0.05) is 5.92 Å². The second kappa shape index (κ2) is 1.80. The highest BCUT2D eigenvalue weighted by Gasteiger charge is 2.20. The van der Waals surface area contributed by atoms with Crippen LogP contribution in [0.1, 0.15) is 13.3 Å². The number of hydrogen-bond acceptors (Lipinski definition) is 2. The molecule has 2 heteroatoms. The Bertz CT molecular complexity index is 55.1. The van der Waals surface area contributed by atoms with Crippen molar-refractivity contribution in [3.63, 3.8) is 0 Å². The van der Waals surface area contributed by atoms with Gasteiger partial charge in [-0.15, -0.1) is 0 Å². The van der Waals surface area contributed by atoms with Crippen LogP contribution >= 0.6 is 0 Å². The lowest BCUT2D eigenvalue weighted by Gasteiger charge is -2.03. The Hall–Kier alpha value is -0.0800. The van der Waals surface area contributed by atoms with Crippen LogP contribution in [0.4, 0.5) is 0 Å². The first kappa shape index (κ1) is 5.06. The SMILES string of the molecule is C[C@H]1CCOC1O. The summed E-state index contributed by atoms with van der Waals surface area (Å²) in [5.74, 6) is 0.347. The van der Waals surface area contributed by atoms with Gasteiger partial charge in [0.1, 0.15) is 0 Å². The predicted octanol–water partition coefficient (Wildman–Crippen LogP) is 0.361. The van der Waals surface area contributed by atoms with Gasteiger partial charge in [-0.1, -0.05) is 6.92 Å². The molecule has 0 aliphatic carbocycles. The van der Waals surface area contributed by atoms with E-state index < -0.39 is 6.29 Å². The molecule has 0 spiro atoms. The number of rotatable bonds is 0. The predicted molar refractivity (Wildman–Crippen MR) is 25.7 cm³/mol. The molecule has 1 rings (SSSR count). The van der Waals surface area contributed by atoms with Crippen molar-refractivity contribution >= 4 is 0 Å². The summed E-state index contributed by atoms with van der Waals surface area (Å²) >= 11 is 0. The van der Waals surface area contributed by atoms with Crippen molar-refractivity contribution in [3.05, 3.63) is 0 Å². The van der Waals surface area contributed by atoms with Crippen LogP contribution in [0.25, 0.3) is 0 Å². The van der Waals surface area contributed by atoms with Crippen LogP contribution in [0.5, 0.6) is 0 Å². The zero-order chi connectivity index (χ0) is 5.28. The maximum Gasteiger partial charge on any atom is 0.157 e. The lowest BCUT2D eigenvalue weighted by Crippen LogP contribution is -2.10. The average molecular weight is 102 g/mol. The van der Waals surface area contributed by atoms with Crippen LogP contribution in [0, 0.1) is 5.92 Å². The zero-order valence-electron chi connectivity index (χ0n) is 4.42. The van der Waals surface area contributed by atoms with E-state index >= 15 is 0 Å². The van der Waals surface area contributed by atoms with E-state index in [2.05, 4.69) is 0 Å². The quantitative estimate of drug-likeness (QED) is 0.478. The van der Waals surface area contributed by atoms with Crippen molar-refractivity contribution in [2.45, 2.75) is 19.6 Å². The maximum absolute atomic E-state index is 8.78. The molecule has 0 aromatic carbocycles. The van der Waals surface area contributed by atoms with Crippen molar-refractivity contribution in [1.29, 1.82) is 0 Å². The van der Waals surface area contributed by atoms with Gasteiger partial charge in [0.05, 0.1) is 6.61 Å². The molecule has 0 radical (unpaired) electrons. The van der Waals surface area contributed by atoms with Gasteiger partial charge in [-0.05, 0) is 6.42 Å². The molecule has 1 fully saturated rings. The summed E-state index contributed by atoms with van der Waals surface area (Å²) in [6.07, 6.45) is 0.515. The maximum atomic E-state index is 8.78. The Balaban J connectivity index is 2.33. The summed E-state index contributed by atoms with van der Waals surface area (Å²) in [5, 5.41) is 8.78. The first-order valence-electron chi connectivity index (χ1n) is 2.60. The van der Waals surface area contributed by atoms with Gasteiger partial charge in [0.15, 0.2) is 6.29 Å². The average Bonchev–Trinajstić information content (AvgIpc) is 1.91. The molecule has 1 N–H and O–H groups in total. The van der Waals surface area contributed by atoms with Gasteiger partial charge < -0.3 is 9.84 Å². The number of ether oxygens (including phenoxy) is 1. The van der Waals surface area contributed by atoms with Crippen molar-refractivity contribution in [1.82, 2.24) is 0 Å². The van der Waals surface area contributed by atoms with Crippen molar-refractivity contribution in [3.8, 4) is 0 Å². The molecule has 1 saturated heterocycles. The monoisotopic (exact) mass is 102 g/mol. The molecule has 1 unspecified atom stereocenters. The molecule has 2 atom stereocenters. The molecule has 0 saturated carbocycles. The fourth-order valence-corrected chi connectivity index (χ4v) is 0.682. The van der Waals surface area contributed by atoms with Gasteiger partial charge in [-0.2, -0.15) is 0 Å². The highest BCUT2D eigenvalue weighted by atomic mass is 16.6. The summed E-state index contributed by atoms with van der Waals surface area (Å²) in [6.45, 7) is 2.71. The van der Waals surface area contributed by atoms with Gasteiger partial charge in [0.25, 0.3) is 0 Å².